The van der Waals surface area contributed by atoms with Crippen molar-refractivity contribution >= 4 is 28.9 Å². The quantitative estimate of drug-likeness (QED) is 0.302. The summed E-state index contributed by atoms with van der Waals surface area (Å²) in [7, 11) is 3.96. The topological polar surface area (TPSA) is 64.7 Å². The van der Waals surface area contributed by atoms with Crippen LogP contribution in [0.4, 0.5) is 21.5 Å². The lowest BCUT2D eigenvalue weighted by atomic mass is 9.76. The smallest absolute Gasteiger partial charge is 0.257 e. The maximum Gasteiger partial charge on any atom is 0.257 e. The van der Waals surface area contributed by atoms with Crippen LogP contribution in [0.5, 0.6) is 0 Å². The zero-order valence-corrected chi connectivity index (χ0v) is 25.5. The van der Waals surface area contributed by atoms with Crippen LogP contribution in [0.2, 0.25) is 0 Å². The highest BCUT2D eigenvalue weighted by Crippen LogP contribution is 2.49. The predicted octanol–water partition coefficient (Wildman–Crippen LogP) is 7.57. The Morgan fingerprint density at radius 1 is 0.860 bits per heavy atom. The van der Waals surface area contributed by atoms with Crippen molar-refractivity contribution in [3.8, 4) is 0 Å². The van der Waals surface area contributed by atoms with E-state index in [1.54, 1.807) is 19.1 Å². The van der Waals surface area contributed by atoms with Gasteiger partial charge in [0.2, 0.25) is 5.91 Å². The van der Waals surface area contributed by atoms with E-state index in [1.807, 2.05) is 48.2 Å². The molecule has 1 aliphatic heterocycles. The molecule has 6 rings (SSSR count). The van der Waals surface area contributed by atoms with Crippen LogP contribution < -0.4 is 15.5 Å². The second-order valence-corrected chi connectivity index (χ2v) is 12.9. The number of rotatable bonds is 7. The number of anilines is 3. The van der Waals surface area contributed by atoms with Crippen LogP contribution in [-0.4, -0.2) is 42.9 Å². The molecule has 3 aliphatic rings. The number of hydrogen-bond donors (Lipinski definition) is 2. The molecule has 43 heavy (non-hydrogen) atoms. The van der Waals surface area contributed by atoms with Crippen molar-refractivity contribution in [3.63, 3.8) is 0 Å². The van der Waals surface area contributed by atoms with E-state index >= 15 is 4.39 Å². The molecule has 4 unspecified atom stereocenters. The molecule has 6 nitrogen and oxygen atoms in total. The average Bonchev–Trinajstić information content (AvgIpc) is 3.69. The van der Waals surface area contributed by atoms with Crippen molar-refractivity contribution < 1.29 is 14.0 Å². The van der Waals surface area contributed by atoms with Crippen molar-refractivity contribution in [1.29, 1.82) is 0 Å². The van der Waals surface area contributed by atoms with E-state index in [2.05, 4.69) is 34.9 Å². The standard InChI is InChI=1S/C36H43FN4O2/c1-23-8-6-12-31(37)33(23)36(43)41-32-13-7-9-25(32)22-30(35(42)39-28-18-20-29(21-19-28)40(2)3)34(41)24-14-16-27(17-15-24)38-26-10-4-5-11-26/h6,8,12,14-21,25-26,30,32,34,38H,4-5,7,9-11,13,22H2,1-3H3,(H,39,42). The molecule has 2 amide bonds. The molecule has 3 aromatic rings. The number of carbonyl (C=O) groups excluding carboxylic acids is 2. The number of halogens is 1. The lowest BCUT2D eigenvalue weighted by Crippen LogP contribution is -2.54. The molecule has 2 saturated carbocycles. The summed E-state index contributed by atoms with van der Waals surface area (Å²) in [5, 5.41) is 6.81. The number of benzene rings is 3. The average molecular weight is 583 g/mol. The summed E-state index contributed by atoms with van der Waals surface area (Å²) in [6, 6.07) is 20.8. The Morgan fingerprint density at radius 3 is 2.23 bits per heavy atom. The normalized spacial score (nSPS) is 23.6. The van der Waals surface area contributed by atoms with E-state index in [0.717, 1.165) is 41.9 Å². The maximum atomic E-state index is 15.3. The zero-order chi connectivity index (χ0) is 30.1. The fraction of sp³-hybridized carbons (Fsp3) is 0.444. The Morgan fingerprint density at radius 2 is 1.56 bits per heavy atom. The lowest BCUT2D eigenvalue weighted by molar-refractivity contribution is -0.125. The van der Waals surface area contributed by atoms with Gasteiger partial charge in [0.05, 0.1) is 17.5 Å². The number of fused-ring (bicyclic) bond motifs is 1. The Labute approximate surface area is 254 Å². The molecule has 1 heterocycles. The summed E-state index contributed by atoms with van der Waals surface area (Å²) in [4.78, 5) is 32.5. The molecular weight excluding hydrogens is 539 g/mol. The number of nitrogens with zero attached hydrogens (tertiary/aromatic N) is 2. The first-order valence-corrected chi connectivity index (χ1v) is 15.8. The molecule has 226 valence electrons. The molecule has 7 heteroatoms. The molecule has 3 fully saturated rings. The van der Waals surface area contributed by atoms with Crippen LogP contribution in [0.25, 0.3) is 0 Å². The number of hydrogen-bond acceptors (Lipinski definition) is 4. The summed E-state index contributed by atoms with van der Waals surface area (Å²) < 4.78 is 15.3. The maximum absolute atomic E-state index is 15.3. The number of nitrogens with one attached hydrogen (secondary N) is 2. The third-order valence-corrected chi connectivity index (χ3v) is 9.85. The van der Waals surface area contributed by atoms with Crippen molar-refractivity contribution in [2.45, 2.75) is 76.4 Å². The van der Waals surface area contributed by atoms with Gasteiger partial charge >= 0.3 is 0 Å². The monoisotopic (exact) mass is 582 g/mol. The van der Waals surface area contributed by atoms with Crippen LogP contribution in [0, 0.1) is 24.6 Å². The Balaban J connectivity index is 1.37. The zero-order valence-electron chi connectivity index (χ0n) is 25.5. The van der Waals surface area contributed by atoms with Crippen molar-refractivity contribution in [2.75, 3.05) is 29.6 Å². The van der Waals surface area contributed by atoms with Crippen LogP contribution in [0.15, 0.2) is 66.7 Å². The summed E-state index contributed by atoms with van der Waals surface area (Å²) >= 11 is 0. The molecule has 3 aromatic carbocycles. The van der Waals surface area contributed by atoms with Gasteiger partial charge in [-0.1, -0.05) is 43.5 Å². The molecular formula is C36H43FN4O2. The Kier molecular flexibility index (Phi) is 8.42. The summed E-state index contributed by atoms with van der Waals surface area (Å²) in [5.74, 6) is -1.22. The van der Waals surface area contributed by atoms with Crippen LogP contribution in [0.3, 0.4) is 0 Å². The Bertz CT molecular complexity index is 1430. The third kappa shape index (κ3) is 5.99. The number of amides is 2. The fourth-order valence-electron chi connectivity index (χ4n) is 7.63. The number of piperidine rings is 1. The van der Waals surface area contributed by atoms with Gasteiger partial charge in [-0.05, 0) is 98.5 Å². The highest BCUT2D eigenvalue weighted by atomic mass is 19.1. The van der Waals surface area contributed by atoms with Gasteiger partial charge in [-0.25, -0.2) is 4.39 Å². The predicted molar refractivity (Wildman–Crippen MR) is 171 cm³/mol. The van der Waals surface area contributed by atoms with Crippen LogP contribution in [-0.2, 0) is 4.79 Å². The number of likely N-dealkylation sites (tertiary alicyclic amines) is 1. The summed E-state index contributed by atoms with van der Waals surface area (Å²) in [6.07, 6.45) is 8.37. The van der Waals surface area contributed by atoms with Gasteiger partial charge in [-0.15, -0.1) is 0 Å². The largest absolute Gasteiger partial charge is 0.382 e. The van der Waals surface area contributed by atoms with E-state index in [-0.39, 0.29) is 29.3 Å². The van der Waals surface area contributed by atoms with Crippen molar-refractivity contribution in [3.05, 3.63) is 89.2 Å². The van der Waals surface area contributed by atoms with Gasteiger partial charge < -0.3 is 20.4 Å². The first-order chi connectivity index (χ1) is 20.8. The second-order valence-electron chi connectivity index (χ2n) is 12.9. The van der Waals surface area contributed by atoms with Crippen molar-refractivity contribution in [2.24, 2.45) is 11.8 Å². The lowest BCUT2D eigenvalue weighted by Gasteiger charge is -2.48. The first kappa shape index (κ1) is 29.2. The first-order valence-electron chi connectivity index (χ1n) is 15.8. The fourth-order valence-corrected chi connectivity index (χ4v) is 7.63. The second kappa shape index (κ2) is 12.4. The van der Waals surface area contributed by atoms with E-state index < -0.39 is 17.8 Å². The SMILES string of the molecule is Cc1cccc(F)c1C(=O)N1C2CCCC2CC(C(=O)Nc2ccc(N(C)C)cc2)C1c1ccc(NC2CCCC2)cc1. The van der Waals surface area contributed by atoms with Crippen LogP contribution in [0.1, 0.15) is 78.9 Å². The van der Waals surface area contributed by atoms with Gasteiger partial charge in [-0.2, -0.15) is 0 Å². The summed E-state index contributed by atoms with van der Waals surface area (Å²) in [5.41, 5.74) is 4.45. The van der Waals surface area contributed by atoms with E-state index in [1.165, 1.54) is 31.7 Å². The summed E-state index contributed by atoms with van der Waals surface area (Å²) in [6.45, 7) is 1.78. The minimum atomic E-state index is -0.512. The molecule has 0 aromatic heterocycles. The van der Waals surface area contributed by atoms with Gasteiger partial charge in [0, 0.05) is 43.2 Å². The minimum Gasteiger partial charge on any atom is -0.382 e. The molecule has 0 bridgehead atoms. The van der Waals surface area contributed by atoms with Gasteiger partial charge in [0.25, 0.3) is 5.91 Å². The third-order valence-electron chi connectivity index (χ3n) is 9.85. The molecule has 0 spiro atoms. The number of aryl methyl sites for hydroxylation is 1. The van der Waals surface area contributed by atoms with Gasteiger partial charge in [-0.3, -0.25) is 9.59 Å². The molecule has 2 N–H and O–H groups in total. The minimum absolute atomic E-state index is 0.0313. The highest BCUT2D eigenvalue weighted by molar-refractivity contribution is 5.98. The van der Waals surface area contributed by atoms with Gasteiger partial charge in [0.15, 0.2) is 0 Å². The van der Waals surface area contributed by atoms with E-state index in [4.69, 9.17) is 0 Å². The molecule has 1 saturated heterocycles. The highest BCUT2D eigenvalue weighted by Gasteiger charge is 2.50. The van der Waals surface area contributed by atoms with E-state index in [9.17, 15) is 9.59 Å². The van der Waals surface area contributed by atoms with E-state index in [0.29, 0.717) is 18.0 Å². The molecule has 4 atom stereocenters. The Hall–Kier alpha value is -3.87. The molecule has 0 radical (unpaired) electrons. The van der Waals surface area contributed by atoms with Gasteiger partial charge in [0.1, 0.15) is 5.82 Å². The van der Waals surface area contributed by atoms with Crippen LogP contribution >= 0.6 is 0 Å². The molecule has 2 aliphatic carbocycles. The number of carbonyl (C=O) groups is 2. The van der Waals surface area contributed by atoms with Crippen molar-refractivity contribution in [1.82, 2.24) is 4.90 Å².